The number of aliphatic hydroxyl groups is 1. The number of hydrogen-bond donors (Lipinski definition) is 1. The number of hydrogen-bond acceptors (Lipinski definition) is 3. The molecule has 0 unspecified atom stereocenters. The number of rotatable bonds is 21. The van der Waals surface area contributed by atoms with Crippen molar-refractivity contribution in [3.8, 4) is 0 Å². The number of unbranched alkanes of at least 4 members (excludes halogenated alkanes) is 12. The zero-order valence-electron chi connectivity index (χ0n) is 21.0. The molecule has 0 atom stereocenters. The van der Waals surface area contributed by atoms with E-state index in [1.807, 2.05) is 0 Å². The molecule has 0 amide bonds. The summed E-state index contributed by atoms with van der Waals surface area (Å²) in [4.78, 5) is 0. The van der Waals surface area contributed by atoms with Crippen LogP contribution in [0.4, 0.5) is 0 Å². The van der Waals surface area contributed by atoms with Gasteiger partial charge in [-0.05, 0) is 18.1 Å². The van der Waals surface area contributed by atoms with E-state index in [0.29, 0.717) is 0 Å². The van der Waals surface area contributed by atoms with E-state index in [-0.39, 0.29) is 27.7 Å². The van der Waals surface area contributed by atoms with Gasteiger partial charge in [0.15, 0.2) is 0 Å². The molecule has 0 heterocycles. The van der Waals surface area contributed by atoms with Crippen molar-refractivity contribution in [2.45, 2.75) is 139 Å². The first-order valence-corrected chi connectivity index (χ1v) is 18.5. The molecule has 0 aromatic carbocycles. The first-order valence-electron chi connectivity index (χ1n) is 13.1. The van der Waals surface area contributed by atoms with Gasteiger partial charge in [-0.2, -0.15) is 0 Å². The fourth-order valence-electron chi connectivity index (χ4n) is 3.25. The van der Waals surface area contributed by atoms with Gasteiger partial charge in [-0.25, -0.2) is 0 Å². The summed E-state index contributed by atoms with van der Waals surface area (Å²) < 4.78 is 4.04. The van der Waals surface area contributed by atoms with Gasteiger partial charge < -0.3 is 5.11 Å². The monoisotopic (exact) mass is 566 g/mol. The van der Waals surface area contributed by atoms with Crippen molar-refractivity contribution in [3.05, 3.63) is 0 Å². The molecule has 30 heavy (non-hydrogen) atoms. The zero-order valence-corrected chi connectivity index (χ0v) is 25.5. The van der Waals surface area contributed by atoms with Gasteiger partial charge in [-0.3, -0.25) is 0 Å². The van der Waals surface area contributed by atoms with E-state index in [1.165, 1.54) is 89.9 Å². The summed E-state index contributed by atoms with van der Waals surface area (Å²) in [6.45, 7) is 9.17. The van der Waals surface area contributed by atoms with E-state index < -0.39 is 0 Å². The molecule has 180 valence electrons. The Balaban J connectivity index is 0. The Morgan fingerprint density at radius 3 is 1.67 bits per heavy atom. The summed E-state index contributed by atoms with van der Waals surface area (Å²) in [6, 6.07) is 0. The first-order chi connectivity index (χ1) is 14.6. The molecule has 0 aromatic heterocycles. The molecule has 0 saturated carbocycles. The van der Waals surface area contributed by atoms with Crippen LogP contribution in [-0.4, -0.2) is 42.8 Å². The van der Waals surface area contributed by atoms with Crippen molar-refractivity contribution >= 4 is 49.3 Å². The van der Waals surface area contributed by atoms with E-state index in [4.69, 9.17) is 17.3 Å². The van der Waals surface area contributed by atoms with E-state index in [1.54, 1.807) is 33.5 Å². The molecule has 0 fully saturated rings. The van der Waals surface area contributed by atoms with Crippen LogP contribution in [0, 0.1) is 5.92 Å². The molecule has 4 heteroatoms. The normalized spacial score (nSPS) is 10.9. The van der Waals surface area contributed by atoms with Crippen LogP contribution in [0.3, 0.4) is 0 Å². The standard InChI is InChI=1S/C10H20OS2.2C8H17.Sn/c1-9(2)6-4-3-5-7-13-10(12)8-11;2*1-3-5-7-8-6-4-2;/h9,11H,3-8H2,1-2H3;2*1,3-8H2,2H3;. The summed E-state index contributed by atoms with van der Waals surface area (Å²) in [5.41, 5.74) is 0. The van der Waals surface area contributed by atoms with Crippen LogP contribution < -0.4 is 0 Å². The molecule has 0 aliphatic rings. The molecule has 1 N–H and O–H groups in total. The van der Waals surface area contributed by atoms with Gasteiger partial charge in [-0.15, -0.1) is 11.8 Å². The molecular weight excluding hydrogens is 511 g/mol. The zero-order chi connectivity index (χ0) is 22.7. The SMILES string of the molecule is CC(C)CCCCCSC(=S)CO.CCCCCCC[CH2][Sn][CH2]CCCCCCC. The molecule has 0 saturated heterocycles. The molecule has 0 aliphatic heterocycles. The van der Waals surface area contributed by atoms with Gasteiger partial charge in [0.25, 0.3) is 0 Å². The average Bonchev–Trinajstić information content (AvgIpc) is 2.74. The maximum atomic E-state index is 8.65. The Labute approximate surface area is 210 Å². The summed E-state index contributed by atoms with van der Waals surface area (Å²) in [7, 11) is 0. The maximum absolute atomic E-state index is 8.65. The molecule has 0 aliphatic carbocycles. The van der Waals surface area contributed by atoms with Gasteiger partial charge in [0.1, 0.15) is 0 Å². The number of thiocarbonyl (C=S) groups is 1. The minimum absolute atomic E-state index is 0.0476. The Hall–Kier alpha value is 1.20. The van der Waals surface area contributed by atoms with Crippen LogP contribution >= 0.6 is 24.0 Å². The van der Waals surface area contributed by atoms with Gasteiger partial charge >= 0.3 is 121 Å². The minimum atomic E-state index is 0.0476. The van der Waals surface area contributed by atoms with Crippen molar-refractivity contribution in [2.75, 3.05) is 12.4 Å². The third-order valence-corrected chi connectivity index (χ3v) is 10.7. The molecule has 0 spiro atoms. The van der Waals surface area contributed by atoms with Gasteiger partial charge in [0.05, 0.1) is 10.8 Å². The molecule has 0 bridgehead atoms. The summed E-state index contributed by atoms with van der Waals surface area (Å²) in [5.74, 6) is 1.89. The molecular formula is C26H54OS2Sn. The Morgan fingerprint density at radius 1 is 0.733 bits per heavy atom. The predicted octanol–water partition coefficient (Wildman–Crippen LogP) is 9.50. The fraction of sp³-hybridized carbons (Fsp3) is 0.962. The van der Waals surface area contributed by atoms with E-state index in [2.05, 4.69) is 27.7 Å². The van der Waals surface area contributed by atoms with E-state index in [9.17, 15) is 0 Å². The van der Waals surface area contributed by atoms with Crippen LogP contribution in [-0.2, 0) is 0 Å². The molecule has 2 radical (unpaired) electrons. The Morgan fingerprint density at radius 2 is 1.20 bits per heavy atom. The number of aliphatic hydroxyl groups excluding tert-OH is 1. The van der Waals surface area contributed by atoms with Crippen LogP contribution in [0.5, 0.6) is 0 Å². The third-order valence-electron chi connectivity index (χ3n) is 5.23. The number of thioether (sulfide) groups is 1. The summed E-state index contributed by atoms with van der Waals surface area (Å²) in [6.07, 6.45) is 23.0. The topological polar surface area (TPSA) is 20.2 Å². The average molecular weight is 566 g/mol. The van der Waals surface area contributed by atoms with Crippen molar-refractivity contribution in [3.63, 3.8) is 0 Å². The van der Waals surface area contributed by atoms with Gasteiger partial charge in [-0.1, -0.05) is 45.3 Å². The predicted molar refractivity (Wildman–Crippen MR) is 148 cm³/mol. The van der Waals surface area contributed by atoms with Crippen LogP contribution in [0.25, 0.3) is 0 Å². The van der Waals surface area contributed by atoms with Gasteiger partial charge in [0.2, 0.25) is 0 Å². The Bertz CT molecular complexity index is 310. The van der Waals surface area contributed by atoms with E-state index >= 15 is 0 Å². The van der Waals surface area contributed by atoms with Crippen LogP contribution in [0.2, 0.25) is 8.87 Å². The second-order valence-corrected chi connectivity index (χ2v) is 15.1. The summed E-state index contributed by atoms with van der Waals surface area (Å²) in [5, 5.41) is 8.65. The van der Waals surface area contributed by atoms with Crippen molar-refractivity contribution in [1.82, 2.24) is 0 Å². The van der Waals surface area contributed by atoms with Crippen molar-refractivity contribution in [2.24, 2.45) is 5.92 Å². The van der Waals surface area contributed by atoms with Crippen LogP contribution in [0.15, 0.2) is 0 Å². The second kappa shape index (κ2) is 30.2. The van der Waals surface area contributed by atoms with Crippen LogP contribution in [0.1, 0.15) is 130 Å². The van der Waals surface area contributed by atoms with E-state index in [0.717, 1.165) is 15.9 Å². The van der Waals surface area contributed by atoms with Crippen molar-refractivity contribution in [1.29, 1.82) is 0 Å². The second-order valence-electron chi connectivity index (χ2n) is 8.91. The quantitative estimate of drug-likeness (QED) is 0.0851. The molecule has 1 nitrogen and oxygen atoms in total. The summed E-state index contributed by atoms with van der Waals surface area (Å²) >= 11 is 6.58. The van der Waals surface area contributed by atoms with Gasteiger partial charge in [0, 0.05) is 0 Å². The molecule has 0 rings (SSSR count). The Kier molecular flexibility index (Phi) is 33.6. The van der Waals surface area contributed by atoms with Crippen molar-refractivity contribution < 1.29 is 5.11 Å². The first kappa shape index (κ1) is 33.4. The third kappa shape index (κ3) is 33.8. The molecule has 0 aromatic rings. The fourth-order valence-corrected chi connectivity index (χ4v) is 7.73.